The SMILES string of the molecule is CN(Cc1cn[nH]c1)C(=O)c1[nH]ncc1N. The van der Waals surface area contributed by atoms with Crippen molar-refractivity contribution in [2.45, 2.75) is 6.54 Å². The number of aromatic nitrogens is 4. The second kappa shape index (κ2) is 4.05. The number of amides is 1. The van der Waals surface area contributed by atoms with Crippen molar-refractivity contribution in [3.05, 3.63) is 29.8 Å². The summed E-state index contributed by atoms with van der Waals surface area (Å²) in [7, 11) is 1.69. The summed E-state index contributed by atoms with van der Waals surface area (Å²) in [6, 6.07) is 0. The number of nitrogens with zero attached hydrogens (tertiary/aromatic N) is 3. The summed E-state index contributed by atoms with van der Waals surface area (Å²) in [5.41, 5.74) is 7.18. The van der Waals surface area contributed by atoms with Gasteiger partial charge < -0.3 is 10.6 Å². The summed E-state index contributed by atoms with van der Waals surface area (Å²) in [6.45, 7) is 0.466. The summed E-state index contributed by atoms with van der Waals surface area (Å²) in [5, 5.41) is 12.8. The van der Waals surface area contributed by atoms with Gasteiger partial charge in [-0.25, -0.2) is 0 Å². The molecule has 0 spiro atoms. The van der Waals surface area contributed by atoms with Crippen LogP contribution < -0.4 is 5.73 Å². The molecule has 0 radical (unpaired) electrons. The first-order valence-electron chi connectivity index (χ1n) is 4.70. The number of anilines is 1. The third-order valence-electron chi connectivity index (χ3n) is 2.20. The maximum Gasteiger partial charge on any atom is 0.274 e. The molecule has 84 valence electrons. The van der Waals surface area contributed by atoms with Gasteiger partial charge in [0.2, 0.25) is 0 Å². The molecule has 7 nitrogen and oxygen atoms in total. The highest BCUT2D eigenvalue weighted by Gasteiger charge is 2.16. The molecule has 0 saturated heterocycles. The molecule has 1 amide bonds. The summed E-state index contributed by atoms with van der Waals surface area (Å²) in [5.74, 6) is -0.198. The Kier molecular flexibility index (Phi) is 2.59. The Morgan fingerprint density at radius 1 is 1.50 bits per heavy atom. The van der Waals surface area contributed by atoms with Crippen molar-refractivity contribution in [3.63, 3.8) is 0 Å². The fraction of sp³-hybridized carbons (Fsp3) is 0.222. The van der Waals surface area contributed by atoms with Gasteiger partial charge in [-0.05, 0) is 0 Å². The molecule has 2 aromatic rings. The van der Waals surface area contributed by atoms with Crippen LogP contribution in [0.5, 0.6) is 0 Å². The zero-order chi connectivity index (χ0) is 11.5. The molecule has 0 bridgehead atoms. The number of rotatable bonds is 3. The smallest absolute Gasteiger partial charge is 0.274 e. The zero-order valence-electron chi connectivity index (χ0n) is 8.77. The van der Waals surface area contributed by atoms with Crippen molar-refractivity contribution in [2.75, 3.05) is 12.8 Å². The van der Waals surface area contributed by atoms with Crippen LogP contribution in [0.15, 0.2) is 18.6 Å². The van der Waals surface area contributed by atoms with Crippen molar-refractivity contribution >= 4 is 11.6 Å². The minimum atomic E-state index is -0.198. The quantitative estimate of drug-likeness (QED) is 0.676. The number of aromatic amines is 2. The monoisotopic (exact) mass is 220 g/mol. The van der Waals surface area contributed by atoms with Crippen LogP contribution >= 0.6 is 0 Å². The number of nitrogens with one attached hydrogen (secondary N) is 2. The third-order valence-corrected chi connectivity index (χ3v) is 2.20. The molecule has 2 aromatic heterocycles. The number of nitrogen functional groups attached to an aromatic ring is 1. The largest absolute Gasteiger partial charge is 0.396 e. The molecule has 0 aromatic carbocycles. The van der Waals surface area contributed by atoms with E-state index in [1.54, 1.807) is 19.4 Å². The molecule has 0 aliphatic heterocycles. The molecular formula is C9H12N6O. The second-order valence-electron chi connectivity index (χ2n) is 3.47. The Morgan fingerprint density at radius 3 is 2.88 bits per heavy atom. The van der Waals surface area contributed by atoms with Gasteiger partial charge in [0, 0.05) is 25.4 Å². The van der Waals surface area contributed by atoms with Crippen LogP contribution in [0.1, 0.15) is 16.1 Å². The molecule has 0 aliphatic rings. The number of carbonyl (C=O) groups excluding carboxylic acids is 1. The summed E-state index contributed by atoms with van der Waals surface area (Å²) in [4.78, 5) is 13.4. The average Bonchev–Trinajstić information content (AvgIpc) is 2.88. The van der Waals surface area contributed by atoms with Gasteiger partial charge in [0.1, 0.15) is 5.69 Å². The van der Waals surface area contributed by atoms with Gasteiger partial charge >= 0.3 is 0 Å². The minimum Gasteiger partial charge on any atom is -0.396 e. The fourth-order valence-corrected chi connectivity index (χ4v) is 1.37. The van der Waals surface area contributed by atoms with Crippen LogP contribution in [0.3, 0.4) is 0 Å². The normalized spacial score (nSPS) is 10.3. The molecule has 0 aliphatic carbocycles. The van der Waals surface area contributed by atoms with Crippen molar-refractivity contribution in [1.29, 1.82) is 0 Å². The number of carbonyl (C=O) groups is 1. The van der Waals surface area contributed by atoms with Gasteiger partial charge in [0.25, 0.3) is 5.91 Å². The summed E-state index contributed by atoms with van der Waals surface area (Å²) < 4.78 is 0. The Labute approximate surface area is 91.6 Å². The Bertz CT molecular complexity index is 474. The molecular weight excluding hydrogens is 208 g/mol. The lowest BCUT2D eigenvalue weighted by atomic mass is 10.3. The predicted octanol–water partition coefficient (Wildman–Crippen LogP) is -0.0128. The molecule has 0 unspecified atom stereocenters. The Hall–Kier alpha value is -2.31. The van der Waals surface area contributed by atoms with E-state index in [2.05, 4.69) is 20.4 Å². The van der Waals surface area contributed by atoms with Crippen molar-refractivity contribution in [3.8, 4) is 0 Å². The van der Waals surface area contributed by atoms with E-state index in [1.165, 1.54) is 11.1 Å². The number of hydrogen-bond acceptors (Lipinski definition) is 4. The van der Waals surface area contributed by atoms with E-state index < -0.39 is 0 Å². The highest BCUT2D eigenvalue weighted by atomic mass is 16.2. The highest BCUT2D eigenvalue weighted by Crippen LogP contribution is 2.10. The van der Waals surface area contributed by atoms with E-state index >= 15 is 0 Å². The topological polar surface area (TPSA) is 104 Å². The maximum atomic E-state index is 11.9. The predicted molar refractivity (Wildman–Crippen MR) is 57.4 cm³/mol. The first kappa shape index (κ1) is 10.2. The van der Waals surface area contributed by atoms with Crippen molar-refractivity contribution < 1.29 is 4.79 Å². The van der Waals surface area contributed by atoms with E-state index in [0.717, 1.165) is 5.56 Å². The van der Waals surface area contributed by atoms with Crippen LogP contribution in [-0.2, 0) is 6.54 Å². The van der Waals surface area contributed by atoms with Crippen molar-refractivity contribution in [2.24, 2.45) is 0 Å². The first-order valence-corrected chi connectivity index (χ1v) is 4.70. The molecule has 0 atom stereocenters. The highest BCUT2D eigenvalue weighted by molar-refractivity contribution is 5.96. The van der Waals surface area contributed by atoms with Gasteiger partial charge in [0.15, 0.2) is 0 Å². The Morgan fingerprint density at radius 2 is 2.31 bits per heavy atom. The van der Waals surface area contributed by atoms with Crippen LogP contribution in [-0.4, -0.2) is 38.2 Å². The van der Waals surface area contributed by atoms with E-state index in [9.17, 15) is 4.79 Å². The minimum absolute atomic E-state index is 0.198. The van der Waals surface area contributed by atoms with Crippen LogP contribution in [0.4, 0.5) is 5.69 Å². The summed E-state index contributed by atoms with van der Waals surface area (Å²) >= 11 is 0. The van der Waals surface area contributed by atoms with E-state index in [4.69, 9.17) is 5.73 Å². The number of hydrogen-bond donors (Lipinski definition) is 3. The van der Waals surface area contributed by atoms with Crippen LogP contribution in [0, 0.1) is 0 Å². The molecule has 2 heterocycles. The Balaban J connectivity index is 2.08. The first-order chi connectivity index (χ1) is 7.68. The van der Waals surface area contributed by atoms with Gasteiger partial charge in [-0.2, -0.15) is 10.2 Å². The van der Waals surface area contributed by atoms with Crippen LogP contribution in [0.2, 0.25) is 0 Å². The van der Waals surface area contributed by atoms with Gasteiger partial charge in [-0.15, -0.1) is 0 Å². The van der Waals surface area contributed by atoms with E-state index in [-0.39, 0.29) is 5.91 Å². The van der Waals surface area contributed by atoms with E-state index in [0.29, 0.717) is 17.9 Å². The standard InChI is InChI=1S/C9H12N6O/c1-15(5-6-2-11-12-3-6)9(16)8-7(10)4-13-14-8/h2-4H,5,10H2,1H3,(H,11,12)(H,13,14). The van der Waals surface area contributed by atoms with Crippen LogP contribution in [0.25, 0.3) is 0 Å². The van der Waals surface area contributed by atoms with Gasteiger partial charge in [0.05, 0.1) is 18.1 Å². The maximum absolute atomic E-state index is 11.9. The van der Waals surface area contributed by atoms with E-state index in [1.807, 2.05) is 0 Å². The molecule has 0 fully saturated rings. The third kappa shape index (κ3) is 1.88. The van der Waals surface area contributed by atoms with Crippen molar-refractivity contribution in [1.82, 2.24) is 25.3 Å². The molecule has 7 heteroatoms. The lowest BCUT2D eigenvalue weighted by molar-refractivity contribution is 0.0780. The molecule has 0 saturated carbocycles. The summed E-state index contributed by atoms with van der Waals surface area (Å²) in [6.07, 6.45) is 4.82. The second-order valence-corrected chi connectivity index (χ2v) is 3.47. The molecule has 16 heavy (non-hydrogen) atoms. The zero-order valence-corrected chi connectivity index (χ0v) is 8.77. The number of H-pyrrole nitrogens is 2. The lowest BCUT2D eigenvalue weighted by Gasteiger charge is -2.15. The molecule has 4 N–H and O–H groups in total. The lowest BCUT2D eigenvalue weighted by Crippen LogP contribution is -2.27. The van der Waals surface area contributed by atoms with Gasteiger partial charge in [-0.3, -0.25) is 15.0 Å². The number of nitrogens with two attached hydrogens (primary N) is 1. The fourth-order valence-electron chi connectivity index (χ4n) is 1.37. The average molecular weight is 220 g/mol. The van der Waals surface area contributed by atoms with Gasteiger partial charge in [-0.1, -0.05) is 0 Å². The molecule has 2 rings (SSSR count).